The van der Waals surface area contributed by atoms with Crippen LogP contribution in [0.3, 0.4) is 0 Å². The van der Waals surface area contributed by atoms with Crippen LogP contribution in [0.5, 0.6) is 0 Å². The fourth-order valence-corrected chi connectivity index (χ4v) is 2.53. The summed E-state index contributed by atoms with van der Waals surface area (Å²) in [6, 6.07) is -0.781. The van der Waals surface area contributed by atoms with E-state index >= 15 is 0 Å². The van der Waals surface area contributed by atoms with Crippen LogP contribution in [0.2, 0.25) is 0 Å². The summed E-state index contributed by atoms with van der Waals surface area (Å²) in [5.41, 5.74) is 0. The maximum Gasteiger partial charge on any atom is 0.326 e. The molecule has 96 valence electrons. The molecule has 1 aliphatic carbocycles. The van der Waals surface area contributed by atoms with Gasteiger partial charge in [0.2, 0.25) is 5.91 Å². The number of allylic oxidation sites excluding steroid dienone is 2. The van der Waals surface area contributed by atoms with Crippen LogP contribution >= 0.6 is 0 Å². The fraction of sp³-hybridized carbons (Fsp3) is 0.692. The molecule has 2 atom stereocenters. The Bertz CT molecular complexity index is 323. The van der Waals surface area contributed by atoms with Crippen molar-refractivity contribution < 1.29 is 14.7 Å². The van der Waals surface area contributed by atoms with E-state index in [4.69, 9.17) is 0 Å². The van der Waals surface area contributed by atoms with E-state index in [0.717, 1.165) is 19.3 Å². The summed E-state index contributed by atoms with van der Waals surface area (Å²) in [4.78, 5) is 24.5. The summed E-state index contributed by atoms with van der Waals surface area (Å²) in [6.07, 6.45) is 6.57. The van der Waals surface area contributed by atoms with Crippen LogP contribution in [-0.2, 0) is 9.59 Å². The monoisotopic (exact) mass is 239 g/mol. The van der Waals surface area contributed by atoms with Crippen LogP contribution in [0.15, 0.2) is 12.2 Å². The van der Waals surface area contributed by atoms with Gasteiger partial charge in [-0.1, -0.05) is 12.2 Å². The second-order valence-electron chi connectivity index (χ2n) is 4.85. The standard InChI is InChI=1S/C13H21NO3/c1-9(2)14(10(3)15)12(13(16)17)11-7-5-4-6-8-11/h4-5,9,11-12H,6-8H2,1-3H3,(H,16,17). The molecule has 0 aromatic rings. The third-order valence-corrected chi connectivity index (χ3v) is 3.23. The number of hydrogen-bond donors (Lipinski definition) is 1. The topological polar surface area (TPSA) is 57.6 Å². The summed E-state index contributed by atoms with van der Waals surface area (Å²) in [5, 5.41) is 9.38. The SMILES string of the molecule is CC(=O)N(C(C)C)C(C(=O)O)C1CC=CCC1. The first kappa shape index (κ1) is 13.7. The van der Waals surface area contributed by atoms with E-state index in [-0.39, 0.29) is 17.9 Å². The molecule has 0 aromatic heterocycles. The minimum atomic E-state index is -0.894. The molecule has 4 nitrogen and oxygen atoms in total. The second-order valence-corrected chi connectivity index (χ2v) is 4.85. The molecule has 0 radical (unpaired) electrons. The highest BCUT2D eigenvalue weighted by Crippen LogP contribution is 2.26. The molecule has 0 fully saturated rings. The fourth-order valence-electron chi connectivity index (χ4n) is 2.53. The first-order valence-electron chi connectivity index (χ1n) is 6.11. The molecule has 0 bridgehead atoms. The Morgan fingerprint density at radius 2 is 2.00 bits per heavy atom. The summed E-state index contributed by atoms with van der Waals surface area (Å²) in [6.45, 7) is 5.15. The number of aliphatic carboxylic acids is 1. The van der Waals surface area contributed by atoms with Gasteiger partial charge in [-0.05, 0) is 39.0 Å². The van der Waals surface area contributed by atoms with Crippen LogP contribution < -0.4 is 0 Å². The van der Waals surface area contributed by atoms with Gasteiger partial charge in [0.1, 0.15) is 6.04 Å². The molecule has 1 rings (SSSR count). The van der Waals surface area contributed by atoms with Crippen LogP contribution in [0.1, 0.15) is 40.0 Å². The van der Waals surface area contributed by atoms with Crippen molar-refractivity contribution in [2.45, 2.75) is 52.1 Å². The first-order chi connectivity index (χ1) is 7.95. The van der Waals surface area contributed by atoms with Gasteiger partial charge in [0.05, 0.1) is 0 Å². The molecular weight excluding hydrogens is 218 g/mol. The zero-order valence-corrected chi connectivity index (χ0v) is 10.7. The predicted molar refractivity (Wildman–Crippen MR) is 65.6 cm³/mol. The van der Waals surface area contributed by atoms with E-state index in [9.17, 15) is 14.7 Å². The van der Waals surface area contributed by atoms with Crippen LogP contribution in [0, 0.1) is 5.92 Å². The Morgan fingerprint density at radius 3 is 2.35 bits per heavy atom. The molecule has 2 unspecified atom stereocenters. The first-order valence-corrected chi connectivity index (χ1v) is 6.11. The number of nitrogens with zero attached hydrogens (tertiary/aromatic N) is 1. The van der Waals surface area contributed by atoms with Crippen molar-refractivity contribution >= 4 is 11.9 Å². The van der Waals surface area contributed by atoms with Crippen molar-refractivity contribution in [3.63, 3.8) is 0 Å². The molecule has 17 heavy (non-hydrogen) atoms. The smallest absolute Gasteiger partial charge is 0.326 e. The van der Waals surface area contributed by atoms with Gasteiger partial charge in [-0.25, -0.2) is 4.79 Å². The average Bonchev–Trinajstić information content (AvgIpc) is 2.25. The second kappa shape index (κ2) is 5.84. The lowest BCUT2D eigenvalue weighted by molar-refractivity contribution is -0.154. The van der Waals surface area contributed by atoms with Crippen molar-refractivity contribution in [2.24, 2.45) is 5.92 Å². The van der Waals surface area contributed by atoms with Crippen molar-refractivity contribution in [3.05, 3.63) is 12.2 Å². The highest BCUT2D eigenvalue weighted by molar-refractivity contribution is 5.82. The molecule has 1 aliphatic rings. The van der Waals surface area contributed by atoms with Gasteiger partial charge in [-0.2, -0.15) is 0 Å². The van der Waals surface area contributed by atoms with Gasteiger partial charge in [0, 0.05) is 13.0 Å². The van der Waals surface area contributed by atoms with Crippen LogP contribution in [0.4, 0.5) is 0 Å². The minimum Gasteiger partial charge on any atom is -0.480 e. The zero-order valence-electron chi connectivity index (χ0n) is 10.7. The molecule has 0 saturated carbocycles. The van der Waals surface area contributed by atoms with Gasteiger partial charge < -0.3 is 10.0 Å². The Labute approximate surface area is 102 Å². The van der Waals surface area contributed by atoms with Gasteiger partial charge in [-0.15, -0.1) is 0 Å². The number of amides is 1. The van der Waals surface area contributed by atoms with E-state index < -0.39 is 12.0 Å². The number of carboxylic acid groups (broad SMARTS) is 1. The Kier molecular flexibility index (Phi) is 4.73. The number of hydrogen-bond acceptors (Lipinski definition) is 2. The van der Waals surface area contributed by atoms with Crippen molar-refractivity contribution in [1.29, 1.82) is 0 Å². The molecular formula is C13H21NO3. The maximum atomic E-state index is 11.6. The number of carbonyl (C=O) groups is 2. The van der Waals surface area contributed by atoms with Crippen LogP contribution in [0.25, 0.3) is 0 Å². The number of rotatable bonds is 4. The Hall–Kier alpha value is -1.32. The minimum absolute atomic E-state index is 0.0313. The Balaban J connectivity index is 2.93. The summed E-state index contributed by atoms with van der Waals surface area (Å²) >= 11 is 0. The largest absolute Gasteiger partial charge is 0.480 e. The summed E-state index contributed by atoms with van der Waals surface area (Å²) < 4.78 is 0. The van der Waals surface area contributed by atoms with Crippen molar-refractivity contribution in [2.75, 3.05) is 0 Å². The number of carboxylic acids is 1. The molecule has 4 heteroatoms. The lowest BCUT2D eigenvalue weighted by atomic mass is 9.86. The van der Waals surface area contributed by atoms with E-state index in [1.807, 2.05) is 19.9 Å². The van der Waals surface area contributed by atoms with E-state index in [1.165, 1.54) is 11.8 Å². The normalized spacial score (nSPS) is 21.3. The molecule has 0 aromatic carbocycles. The third-order valence-electron chi connectivity index (χ3n) is 3.23. The lowest BCUT2D eigenvalue weighted by Crippen LogP contribution is -2.51. The quantitative estimate of drug-likeness (QED) is 0.764. The molecule has 0 aliphatic heterocycles. The van der Waals surface area contributed by atoms with Gasteiger partial charge >= 0.3 is 5.97 Å². The van der Waals surface area contributed by atoms with Crippen LogP contribution in [-0.4, -0.2) is 34.0 Å². The van der Waals surface area contributed by atoms with Crippen molar-refractivity contribution in [1.82, 2.24) is 4.90 Å². The molecule has 0 heterocycles. The van der Waals surface area contributed by atoms with Gasteiger partial charge in [-0.3, -0.25) is 4.79 Å². The van der Waals surface area contributed by atoms with E-state index in [2.05, 4.69) is 6.08 Å². The maximum absolute atomic E-state index is 11.6. The molecule has 0 saturated heterocycles. The van der Waals surface area contributed by atoms with E-state index in [1.54, 1.807) is 0 Å². The van der Waals surface area contributed by atoms with E-state index in [0.29, 0.717) is 0 Å². The third kappa shape index (κ3) is 3.32. The van der Waals surface area contributed by atoms with Gasteiger partial charge in [0.25, 0.3) is 0 Å². The zero-order chi connectivity index (χ0) is 13.0. The lowest BCUT2D eigenvalue weighted by Gasteiger charge is -2.37. The summed E-state index contributed by atoms with van der Waals surface area (Å²) in [5.74, 6) is -1.03. The molecule has 1 N–H and O–H groups in total. The van der Waals surface area contributed by atoms with Crippen molar-refractivity contribution in [3.8, 4) is 0 Å². The highest BCUT2D eigenvalue weighted by Gasteiger charge is 2.36. The van der Waals surface area contributed by atoms with Gasteiger partial charge in [0.15, 0.2) is 0 Å². The summed E-state index contributed by atoms with van der Waals surface area (Å²) in [7, 11) is 0. The Morgan fingerprint density at radius 1 is 1.35 bits per heavy atom. The predicted octanol–water partition coefficient (Wildman–Crippen LogP) is 2.05. The molecule has 1 amide bonds. The highest BCUT2D eigenvalue weighted by atomic mass is 16.4. The number of carbonyl (C=O) groups excluding carboxylic acids is 1. The average molecular weight is 239 g/mol. The molecule has 0 spiro atoms.